The summed E-state index contributed by atoms with van der Waals surface area (Å²) in [5, 5.41) is 24.1. The number of β-amino-alcohol motifs (C(OH)–C–C–N with tert-alkyl or cyclic N) is 1. The number of guanidine groups is 1. The van der Waals surface area contributed by atoms with Gasteiger partial charge in [-0.1, -0.05) is 0 Å². The van der Waals surface area contributed by atoms with Gasteiger partial charge in [-0.2, -0.15) is 0 Å². The number of aliphatic hydroxyl groups is 2. The Balaban J connectivity index is 2.28. The van der Waals surface area contributed by atoms with Gasteiger partial charge in [-0.15, -0.1) is 0 Å². The summed E-state index contributed by atoms with van der Waals surface area (Å²) in [4.78, 5) is 31.1. The maximum atomic E-state index is 12.1. The predicted molar refractivity (Wildman–Crippen MR) is 74.4 cm³/mol. The zero-order valence-electron chi connectivity index (χ0n) is 12.3. The molecule has 1 saturated heterocycles. The third-order valence-electron chi connectivity index (χ3n) is 3.40. The second-order valence-corrected chi connectivity index (χ2v) is 5.50. The number of likely N-dealkylation sites (N-methyl/N-ethyl adjacent to an activating group) is 1. The summed E-state index contributed by atoms with van der Waals surface area (Å²) in [7, 11) is 1.56. The van der Waals surface area contributed by atoms with Crippen molar-refractivity contribution in [1.82, 2.24) is 20.4 Å². The molecule has 0 bridgehead atoms. The first-order valence-electron chi connectivity index (χ1n) is 6.82. The zero-order valence-corrected chi connectivity index (χ0v) is 12.3. The van der Waals surface area contributed by atoms with Crippen LogP contribution in [-0.4, -0.2) is 82.5 Å². The first-order valence-corrected chi connectivity index (χ1v) is 6.82. The molecule has 0 spiro atoms. The summed E-state index contributed by atoms with van der Waals surface area (Å²) in [5.41, 5.74) is 0. The van der Waals surface area contributed by atoms with Crippen LogP contribution in [-0.2, 0) is 4.79 Å². The van der Waals surface area contributed by atoms with Gasteiger partial charge in [0.05, 0.1) is 12.7 Å². The van der Waals surface area contributed by atoms with Gasteiger partial charge in [0.1, 0.15) is 0 Å². The molecule has 0 aromatic carbocycles. The smallest absolute Gasteiger partial charge is 0.325 e. The largest absolute Gasteiger partial charge is 0.394 e. The number of aliphatic hydroxyl groups excluding tert-OH is 2. The summed E-state index contributed by atoms with van der Waals surface area (Å²) >= 11 is 0. The molecule has 2 aliphatic heterocycles. The van der Waals surface area contributed by atoms with Gasteiger partial charge in [-0.25, -0.2) is 9.79 Å². The van der Waals surface area contributed by atoms with E-state index in [0.29, 0.717) is 5.96 Å². The van der Waals surface area contributed by atoms with E-state index in [0.717, 1.165) is 0 Å². The number of fused-ring (bicyclic) bond motifs is 1. The molecule has 2 aliphatic rings. The molecule has 3 amide bonds. The van der Waals surface area contributed by atoms with Crippen molar-refractivity contribution in [3.8, 4) is 0 Å². The van der Waals surface area contributed by atoms with Crippen molar-refractivity contribution < 1.29 is 19.8 Å². The molecular formula is C12H21N5O4. The molecular weight excluding hydrogens is 278 g/mol. The fourth-order valence-corrected chi connectivity index (χ4v) is 2.39. The van der Waals surface area contributed by atoms with Gasteiger partial charge in [-0.05, 0) is 13.8 Å². The Labute approximate surface area is 122 Å². The molecule has 0 aliphatic carbocycles. The molecule has 4 N–H and O–H groups in total. The number of aliphatic imine (C=N–C) groups is 1. The maximum absolute atomic E-state index is 12.1. The third kappa shape index (κ3) is 2.93. The molecule has 1 fully saturated rings. The predicted octanol–water partition coefficient (Wildman–Crippen LogP) is -2.11. The van der Waals surface area contributed by atoms with Gasteiger partial charge in [0, 0.05) is 19.6 Å². The van der Waals surface area contributed by atoms with Crippen molar-refractivity contribution in [3.63, 3.8) is 0 Å². The van der Waals surface area contributed by atoms with E-state index < -0.39 is 36.9 Å². The number of amides is 3. The molecule has 9 nitrogen and oxygen atoms in total. The Morgan fingerprint density at radius 3 is 2.67 bits per heavy atom. The lowest BCUT2D eigenvalue weighted by molar-refractivity contribution is -0.127. The third-order valence-corrected chi connectivity index (χ3v) is 3.40. The van der Waals surface area contributed by atoms with E-state index in [4.69, 9.17) is 5.11 Å². The summed E-state index contributed by atoms with van der Waals surface area (Å²) in [6.07, 6.45) is -1.64. The van der Waals surface area contributed by atoms with Crippen molar-refractivity contribution >= 4 is 17.9 Å². The van der Waals surface area contributed by atoms with Gasteiger partial charge < -0.3 is 25.3 Å². The Kier molecular flexibility index (Phi) is 4.33. The highest BCUT2D eigenvalue weighted by atomic mass is 16.3. The average molecular weight is 299 g/mol. The fourth-order valence-electron chi connectivity index (χ4n) is 2.39. The fraction of sp³-hybridized carbons (Fsp3) is 0.750. The molecule has 118 valence electrons. The van der Waals surface area contributed by atoms with Crippen LogP contribution in [0.2, 0.25) is 0 Å². The van der Waals surface area contributed by atoms with Crippen LogP contribution in [0, 0.1) is 0 Å². The van der Waals surface area contributed by atoms with Crippen LogP contribution in [0.4, 0.5) is 4.79 Å². The Morgan fingerprint density at radius 2 is 2.10 bits per heavy atom. The van der Waals surface area contributed by atoms with Crippen LogP contribution in [0.15, 0.2) is 4.99 Å². The first-order chi connectivity index (χ1) is 9.85. The average Bonchev–Trinajstić information content (AvgIpc) is 2.74. The highest BCUT2D eigenvalue weighted by Gasteiger charge is 2.48. The molecule has 0 radical (unpaired) electrons. The summed E-state index contributed by atoms with van der Waals surface area (Å²) in [6, 6.07) is -1.14. The highest BCUT2D eigenvalue weighted by Crippen LogP contribution is 2.23. The number of carbonyl (C=O) groups is 2. The second kappa shape index (κ2) is 5.86. The number of urea groups is 1. The molecule has 0 aromatic rings. The van der Waals surface area contributed by atoms with Crippen LogP contribution in [0.3, 0.4) is 0 Å². The minimum absolute atomic E-state index is 0.0473. The van der Waals surface area contributed by atoms with E-state index in [2.05, 4.69) is 15.6 Å². The van der Waals surface area contributed by atoms with E-state index in [1.54, 1.807) is 11.9 Å². The topological polar surface area (TPSA) is 118 Å². The molecule has 2 heterocycles. The van der Waals surface area contributed by atoms with Crippen LogP contribution >= 0.6 is 0 Å². The molecule has 3 unspecified atom stereocenters. The zero-order chi connectivity index (χ0) is 15.7. The van der Waals surface area contributed by atoms with Gasteiger partial charge in [0.25, 0.3) is 5.91 Å². The second-order valence-electron chi connectivity index (χ2n) is 5.50. The molecule has 9 heteroatoms. The van der Waals surface area contributed by atoms with Crippen LogP contribution in [0.25, 0.3) is 0 Å². The van der Waals surface area contributed by atoms with Crippen LogP contribution in [0.5, 0.6) is 0 Å². The number of nitrogens with one attached hydrogen (secondary N) is 2. The summed E-state index contributed by atoms with van der Waals surface area (Å²) < 4.78 is 0. The van der Waals surface area contributed by atoms with Gasteiger partial charge in [0.15, 0.2) is 18.2 Å². The standard InChI is InChI=1S/C12H21N5O4/c1-6(2)13-11-14-9-8(17(11)4-7(19)5-18)10(20)15-12(21)16(9)3/h6-9,18-19H,4-5H2,1-3H3,(H,13,14)(H,15,20,21). The molecule has 3 atom stereocenters. The number of rotatable bonds is 4. The number of imide groups is 1. The van der Waals surface area contributed by atoms with E-state index in [1.807, 2.05) is 13.8 Å². The highest BCUT2D eigenvalue weighted by molar-refractivity contribution is 6.03. The lowest BCUT2D eigenvalue weighted by Gasteiger charge is -2.36. The SMILES string of the molecule is CC(C)NC1=NC2C(C(=O)NC(=O)N2C)N1CC(O)CO. The number of carbonyl (C=O) groups excluding carboxylic acids is 2. The number of hydrogen-bond donors (Lipinski definition) is 4. The van der Waals surface area contributed by atoms with Crippen LogP contribution < -0.4 is 10.6 Å². The molecule has 0 saturated carbocycles. The minimum atomic E-state index is -1.00. The maximum Gasteiger partial charge on any atom is 0.325 e. The quantitative estimate of drug-likeness (QED) is 0.472. The van der Waals surface area contributed by atoms with Crippen molar-refractivity contribution in [2.45, 2.75) is 38.2 Å². The number of nitrogens with zero attached hydrogens (tertiary/aromatic N) is 3. The summed E-state index contributed by atoms with van der Waals surface area (Å²) in [5.74, 6) is -0.0262. The van der Waals surface area contributed by atoms with E-state index in [1.165, 1.54) is 4.90 Å². The Bertz CT molecular complexity index is 467. The Hall–Kier alpha value is -1.87. The van der Waals surface area contributed by atoms with Gasteiger partial charge in [0.2, 0.25) is 0 Å². The lowest BCUT2D eigenvalue weighted by Crippen LogP contribution is -2.65. The van der Waals surface area contributed by atoms with Crippen molar-refractivity contribution in [2.75, 3.05) is 20.2 Å². The van der Waals surface area contributed by atoms with Crippen molar-refractivity contribution in [3.05, 3.63) is 0 Å². The molecule has 0 aromatic heterocycles. The first kappa shape index (κ1) is 15.5. The van der Waals surface area contributed by atoms with E-state index >= 15 is 0 Å². The molecule has 2 rings (SSSR count). The van der Waals surface area contributed by atoms with E-state index in [9.17, 15) is 14.7 Å². The lowest BCUT2D eigenvalue weighted by atomic mass is 10.1. The summed E-state index contributed by atoms with van der Waals surface area (Å²) in [6.45, 7) is 3.46. The van der Waals surface area contributed by atoms with Crippen molar-refractivity contribution in [2.24, 2.45) is 4.99 Å². The monoisotopic (exact) mass is 299 g/mol. The normalized spacial score (nSPS) is 26.7. The van der Waals surface area contributed by atoms with Gasteiger partial charge >= 0.3 is 6.03 Å². The Morgan fingerprint density at radius 1 is 1.43 bits per heavy atom. The van der Waals surface area contributed by atoms with Gasteiger partial charge in [-0.3, -0.25) is 10.1 Å². The number of hydrogen-bond acceptors (Lipinski definition) is 7. The molecule has 21 heavy (non-hydrogen) atoms. The van der Waals surface area contributed by atoms with Crippen molar-refractivity contribution in [1.29, 1.82) is 0 Å². The van der Waals surface area contributed by atoms with E-state index in [-0.39, 0.29) is 12.6 Å². The minimum Gasteiger partial charge on any atom is -0.394 e. The van der Waals surface area contributed by atoms with Crippen LogP contribution in [0.1, 0.15) is 13.8 Å².